The van der Waals surface area contributed by atoms with Crippen molar-refractivity contribution in [1.82, 2.24) is 29.6 Å². The summed E-state index contributed by atoms with van der Waals surface area (Å²) in [6, 6.07) is 20.7. The Morgan fingerprint density at radius 1 is 0.852 bits per heavy atom. The number of aromatic nitrogens is 5. The number of urea groups is 1. The third-order valence-electron chi connectivity index (χ3n) is 8.97. The summed E-state index contributed by atoms with van der Waals surface area (Å²) in [5.74, 6) is 1.46. The number of anilines is 4. The topological polar surface area (TPSA) is 148 Å². The summed E-state index contributed by atoms with van der Waals surface area (Å²) in [7, 11) is 1.40. The summed E-state index contributed by atoms with van der Waals surface area (Å²) in [4.78, 5) is 40.9. The van der Waals surface area contributed by atoms with Crippen molar-refractivity contribution in [2.45, 2.75) is 45.6 Å². The van der Waals surface area contributed by atoms with Crippen LogP contribution in [0, 0.1) is 5.82 Å². The number of fused-ring (bicyclic) bond motifs is 1. The van der Waals surface area contributed by atoms with Crippen molar-refractivity contribution in [3.8, 4) is 17.2 Å². The Hall–Kier alpha value is -6.57. The summed E-state index contributed by atoms with van der Waals surface area (Å²) in [6.45, 7) is 7.76. The molecule has 14 heteroatoms. The van der Waals surface area contributed by atoms with Crippen LogP contribution in [0.1, 0.15) is 55.4 Å². The minimum absolute atomic E-state index is 0.106. The van der Waals surface area contributed by atoms with Crippen LogP contribution >= 0.6 is 0 Å². The molecule has 13 nitrogen and oxygen atoms in total. The molecule has 1 saturated heterocycles. The summed E-state index contributed by atoms with van der Waals surface area (Å²) in [6.07, 6.45) is 6.69. The lowest BCUT2D eigenvalue weighted by Crippen LogP contribution is -2.28. The number of carbonyl (C=O) groups excluding carboxylic acids is 2. The van der Waals surface area contributed by atoms with E-state index in [0.717, 1.165) is 42.3 Å². The molecule has 3 amide bonds. The van der Waals surface area contributed by atoms with Crippen molar-refractivity contribution >= 4 is 45.9 Å². The van der Waals surface area contributed by atoms with Gasteiger partial charge >= 0.3 is 6.03 Å². The Balaban J connectivity index is 1.03. The lowest BCUT2D eigenvalue weighted by Gasteiger charge is -2.15. The van der Waals surface area contributed by atoms with Gasteiger partial charge in [-0.05, 0) is 54.8 Å². The first-order chi connectivity index (χ1) is 26.1. The molecule has 3 aromatic heterocycles. The smallest absolute Gasteiger partial charge is 0.324 e. The number of methoxy groups -OCH3 is 1. The average Bonchev–Trinajstić information content (AvgIpc) is 3.86. The SMILES string of the molecule is COc1ccc(-n2nc(C(C)(C)C)cc2NC(=O)Nc2ccc(OCc3ccnc(Nc4cnc(C(=O)N5CCCC5)cn4)c3)c3ccccc23)cc1F. The second kappa shape index (κ2) is 15.2. The molecular weight excluding hydrogens is 689 g/mol. The third kappa shape index (κ3) is 7.92. The number of ether oxygens (including phenoxy) is 2. The Labute approximate surface area is 311 Å². The molecule has 4 heterocycles. The van der Waals surface area contributed by atoms with Gasteiger partial charge in [0, 0.05) is 47.6 Å². The Morgan fingerprint density at radius 2 is 1.63 bits per heavy atom. The van der Waals surface area contributed by atoms with E-state index in [0.29, 0.717) is 46.0 Å². The molecule has 276 valence electrons. The molecule has 0 aliphatic carbocycles. The predicted molar refractivity (Wildman–Crippen MR) is 204 cm³/mol. The number of pyridine rings is 1. The van der Waals surface area contributed by atoms with Gasteiger partial charge in [-0.25, -0.2) is 28.8 Å². The second-order valence-electron chi connectivity index (χ2n) is 13.9. The van der Waals surface area contributed by atoms with Gasteiger partial charge in [-0.1, -0.05) is 45.0 Å². The number of nitrogens with zero attached hydrogens (tertiary/aromatic N) is 6. The highest BCUT2D eigenvalue weighted by molar-refractivity contribution is 6.07. The maximum atomic E-state index is 14.7. The van der Waals surface area contributed by atoms with E-state index in [-0.39, 0.29) is 23.7 Å². The molecule has 7 rings (SSSR count). The summed E-state index contributed by atoms with van der Waals surface area (Å²) >= 11 is 0. The van der Waals surface area contributed by atoms with Gasteiger partial charge in [0.15, 0.2) is 11.6 Å². The second-order valence-corrected chi connectivity index (χ2v) is 13.9. The van der Waals surface area contributed by atoms with E-state index < -0.39 is 11.8 Å². The van der Waals surface area contributed by atoms with Crippen LogP contribution in [0.2, 0.25) is 0 Å². The number of carbonyl (C=O) groups is 2. The molecule has 1 fully saturated rings. The normalized spacial score (nSPS) is 12.8. The fourth-order valence-corrected chi connectivity index (χ4v) is 6.11. The van der Waals surface area contributed by atoms with Crippen LogP contribution < -0.4 is 25.4 Å². The Bertz CT molecular complexity index is 2320. The maximum Gasteiger partial charge on any atom is 0.324 e. The highest BCUT2D eigenvalue weighted by atomic mass is 19.1. The molecule has 1 aliphatic heterocycles. The Morgan fingerprint density at radius 3 is 2.35 bits per heavy atom. The molecule has 6 aromatic rings. The van der Waals surface area contributed by atoms with Crippen molar-refractivity contribution in [3.63, 3.8) is 0 Å². The number of likely N-dealkylation sites (tertiary alicyclic amines) is 1. The van der Waals surface area contributed by atoms with Crippen molar-refractivity contribution in [2.75, 3.05) is 36.1 Å². The third-order valence-corrected chi connectivity index (χ3v) is 8.97. The van der Waals surface area contributed by atoms with Crippen LogP contribution in [0.4, 0.5) is 32.3 Å². The van der Waals surface area contributed by atoms with Gasteiger partial charge in [-0.15, -0.1) is 0 Å². The van der Waals surface area contributed by atoms with E-state index in [1.165, 1.54) is 36.3 Å². The number of benzene rings is 3. The molecular formula is C40H40FN9O4. The fraction of sp³-hybridized carbons (Fsp3) is 0.250. The number of halogens is 1. The van der Waals surface area contributed by atoms with Gasteiger partial charge in [0.05, 0.1) is 36.6 Å². The highest BCUT2D eigenvalue weighted by Crippen LogP contribution is 2.33. The minimum atomic E-state index is -0.545. The first kappa shape index (κ1) is 35.8. The molecule has 0 radical (unpaired) electrons. The van der Waals surface area contributed by atoms with E-state index in [2.05, 4.69) is 36.0 Å². The summed E-state index contributed by atoms with van der Waals surface area (Å²) in [5.41, 5.74) is 2.55. The van der Waals surface area contributed by atoms with Gasteiger partial charge < -0.3 is 25.0 Å². The average molecular weight is 730 g/mol. The molecule has 0 spiro atoms. The number of nitrogens with one attached hydrogen (secondary N) is 3. The highest BCUT2D eigenvalue weighted by Gasteiger charge is 2.23. The zero-order valence-electron chi connectivity index (χ0n) is 30.4. The number of amides is 3. The van der Waals surface area contributed by atoms with Crippen molar-refractivity contribution in [1.29, 1.82) is 0 Å². The molecule has 0 saturated carbocycles. The van der Waals surface area contributed by atoms with Gasteiger partial charge in [-0.3, -0.25) is 10.1 Å². The molecule has 54 heavy (non-hydrogen) atoms. The first-order valence-corrected chi connectivity index (χ1v) is 17.6. The molecule has 1 aliphatic rings. The zero-order valence-corrected chi connectivity index (χ0v) is 30.4. The van der Waals surface area contributed by atoms with Crippen molar-refractivity contribution < 1.29 is 23.5 Å². The quantitative estimate of drug-likeness (QED) is 0.128. The maximum absolute atomic E-state index is 14.7. The van der Waals surface area contributed by atoms with Gasteiger partial charge in [0.1, 0.15) is 35.5 Å². The van der Waals surface area contributed by atoms with Crippen LogP contribution in [0.3, 0.4) is 0 Å². The van der Waals surface area contributed by atoms with E-state index in [9.17, 15) is 14.0 Å². The monoisotopic (exact) mass is 729 g/mol. The van der Waals surface area contributed by atoms with Crippen LogP contribution in [0.15, 0.2) is 91.4 Å². The zero-order chi connectivity index (χ0) is 37.8. The largest absolute Gasteiger partial charge is 0.494 e. The van der Waals surface area contributed by atoms with Crippen LogP contribution in [-0.4, -0.2) is 61.8 Å². The molecule has 3 aromatic carbocycles. The van der Waals surface area contributed by atoms with E-state index in [1.807, 2.05) is 57.2 Å². The van der Waals surface area contributed by atoms with E-state index in [1.54, 1.807) is 35.4 Å². The predicted octanol–water partition coefficient (Wildman–Crippen LogP) is 7.86. The number of rotatable bonds is 10. The standard InChI is InChI=1S/C40H40FN9O4/c1-40(2,3)34-21-37(50(48-34)26-11-13-33(53-4)29(41)20-26)47-39(52)45-30-12-14-32(28-10-6-5-9-27(28)30)54-24-25-15-16-42-35(19-25)46-36-23-43-31(22-44-36)38(51)49-17-7-8-18-49/h5-6,9-16,19-23H,7-8,17-18,24H2,1-4H3,(H,42,44,46)(H2,45,47,52). The minimum Gasteiger partial charge on any atom is -0.494 e. The van der Waals surface area contributed by atoms with Crippen LogP contribution in [0.25, 0.3) is 16.5 Å². The molecule has 0 unspecified atom stereocenters. The Kier molecular flexibility index (Phi) is 10.1. The molecule has 0 atom stereocenters. The van der Waals surface area contributed by atoms with Gasteiger partial charge in [0.2, 0.25) is 0 Å². The van der Waals surface area contributed by atoms with E-state index in [4.69, 9.17) is 9.47 Å². The number of hydrogen-bond donors (Lipinski definition) is 3. The van der Waals surface area contributed by atoms with Gasteiger partial charge in [-0.2, -0.15) is 5.10 Å². The summed E-state index contributed by atoms with van der Waals surface area (Å²) < 4.78 is 27.5. The molecule has 3 N–H and O–H groups in total. The van der Waals surface area contributed by atoms with Gasteiger partial charge in [0.25, 0.3) is 5.91 Å². The van der Waals surface area contributed by atoms with Crippen LogP contribution in [-0.2, 0) is 12.0 Å². The van der Waals surface area contributed by atoms with Crippen molar-refractivity contribution in [2.24, 2.45) is 0 Å². The fourth-order valence-electron chi connectivity index (χ4n) is 6.11. The molecule has 0 bridgehead atoms. The van der Waals surface area contributed by atoms with Crippen LogP contribution in [0.5, 0.6) is 11.5 Å². The lowest BCUT2D eigenvalue weighted by molar-refractivity contribution is 0.0786. The van der Waals surface area contributed by atoms with E-state index >= 15 is 0 Å². The number of hydrogen-bond acceptors (Lipinski definition) is 9. The lowest BCUT2D eigenvalue weighted by atomic mass is 9.92. The van der Waals surface area contributed by atoms with Crippen molar-refractivity contribution in [3.05, 3.63) is 114 Å². The first-order valence-electron chi connectivity index (χ1n) is 17.6. The summed E-state index contributed by atoms with van der Waals surface area (Å²) in [5, 5.41) is 15.2.